The second-order valence-electron chi connectivity index (χ2n) is 5.26. The van der Waals surface area contributed by atoms with Gasteiger partial charge >= 0.3 is 0 Å². The van der Waals surface area contributed by atoms with Crippen LogP contribution in [0.3, 0.4) is 0 Å². The highest BCUT2D eigenvalue weighted by molar-refractivity contribution is 7.92. The molecule has 0 saturated carbocycles. The molecule has 0 radical (unpaired) electrons. The fourth-order valence-corrected chi connectivity index (χ4v) is 3.22. The number of halogens is 1. The number of hydrogen-bond donors (Lipinski definition) is 1. The zero-order valence-electron chi connectivity index (χ0n) is 13.3. The zero-order chi connectivity index (χ0) is 18.6. The summed E-state index contributed by atoms with van der Waals surface area (Å²) >= 11 is 0. The number of aromatic nitrogens is 1. The van der Waals surface area contributed by atoms with E-state index in [1.807, 2.05) is 0 Å². The largest absolute Gasteiger partial charge is 0.858 e. The Bertz CT molecular complexity index is 1040. The Labute approximate surface area is 149 Å². The number of hydrogen-bond acceptors (Lipinski definition) is 5. The lowest BCUT2D eigenvalue weighted by molar-refractivity contribution is -0.212. The van der Waals surface area contributed by atoms with Gasteiger partial charge in [0, 0.05) is 18.1 Å². The van der Waals surface area contributed by atoms with Gasteiger partial charge < -0.3 is 5.11 Å². The molecule has 0 fully saturated rings. The van der Waals surface area contributed by atoms with Crippen molar-refractivity contribution < 1.29 is 17.9 Å². The first kappa shape index (κ1) is 17.6. The first-order valence-corrected chi connectivity index (χ1v) is 8.97. The average Bonchev–Trinajstić information content (AvgIpc) is 2.63. The Morgan fingerprint density at radius 1 is 1.04 bits per heavy atom. The fraction of sp³-hybridized carbons (Fsp3) is 0. The van der Waals surface area contributed by atoms with Gasteiger partial charge in [-0.25, -0.2) is 12.8 Å². The van der Waals surface area contributed by atoms with Gasteiger partial charge in [-0.15, -0.1) is 0 Å². The Kier molecular flexibility index (Phi) is 4.94. The van der Waals surface area contributed by atoms with Gasteiger partial charge in [-0.1, -0.05) is 18.2 Å². The van der Waals surface area contributed by atoms with Crippen molar-refractivity contribution in [3.05, 3.63) is 84.4 Å². The molecular weight excluding hydrogens is 357 g/mol. The van der Waals surface area contributed by atoms with E-state index in [2.05, 4.69) is 14.7 Å². The Hall–Kier alpha value is -3.26. The van der Waals surface area contributed by atoms with Gasteiger partial charge in [0.1, 0.15) is 5.82 Å². The Balaban J connectivity index is 1.78. The number of nitrogens with zero attached hydrogens (tertiary/aromatic N) is 2. The predicted molar refractivity (Wildman–Crippen MR) is 94.1 cm³/mol. The Morgan fingerprint density at radius 2 is 1.73 bits per heavy atom. The summed E-state index contributed by atoms with van der Waals surface area (Å²) in [6.45, 7) is 0. The molecule has 0 spiro atoms. The zero-order valence-corrected chi connectivity index (χ0v) is 14.2. The molecule has 1 N–H and O–H groups in total. The molecule has 1 heterocycles. The molecule has 3 rings (SSSR count). The maximum absolute atomic E-state index is 13.2. The van der Waals surface area contributed by atoms with Crippen LogP contribution in [0.15, 0.2) is 82.9 Å². The predicted octanol–water partition coefficient (Wildman–Crippen LogP) is 2.46. The molecule has 0 aliphatic rings. The molecule has 132 valence electrons. The minimum atomic E-state index is -3.92. The summed E-state index contributed by atoms with van der Waals surface area (Å²) in [4.78, 5) is 7.58. The van der Waals surface area contributed by atoms with Gasteiger partial charge in [-0.05, 0) is 53.9 Å². The van der Waals surface area contributed by atoms with Crippen LogP contribution in [0, 0.1) is 5.82 Å². The number of aliphatic imine (C=N–C) groups is 1. The van der Waals surface area contributed by atoms with Gasteiger partial charge in [0.15, 0.2) is 0 Å². The number of nitrogens with one attached hydrogen (secondary N) is 1. The van der Waals surface area contributed by atoms with E-state index in [1.54, 1.807) is 12.1 Å². The lowest BCUT2D eigenvalue weighted by Gasteiger charge is -2.12. The number of pyridine rings is 1. The van der Waals surface area contributed by atoms with Crippen LogP contribution in [0.5, 0.6) is 0 Å². The van der Waals surface area contributed by atoms with Gasteiger partial charge in [-0.2, -0.15) is 0 Å². The maximum atomic E-state index is 13.2. The number of anilines is 1. The third kappa shape index (κ3) is 4.22. The Morgan fingerprint density at radius 3 is 2.38 bits per heavy atom. The topological polar surface area (TPSA) is 94.5 Å². The second kappa shape index (κ2) is 7.32. The molecule has 0 bridgehead atoms. The highest BCUT2D eigenvalue weighted by Crippen LogP contribution is 2.18. The van der Waals surface area contributed by atoms with Crippen molar-refractivity contribution in [1.29, 1.82) is 0 Å². The molecule has 1 aromatic heterocycles. The lowest BCUT2D eigenvalue weighted by Crippen LogP contribution is -2.18. The molecule has 3 aromatic rings. The summed E-state index contributed by atoms with van der Waals surface area (Å²) < 4.78 is 40.0. The third-order valence-corrected chi connectivity index (χ3v) is 4.76. The highest BCUT2D eigenvalue weighted by atomic mass is 32.2. The van der Waals surface area contributed by atoms with Gasteiger partial charge in [0.2, 0.25) is 0 Å². The van der Waals surface area contributed by atoms with Crippen LogP contribution in [0.1, 0.15) is 5.56 Å². The molecule has 0 amide bonds. The fourth-order valence-electron chi connectivity index (χ4n) is 2.13. The molecule has 0 saturated heterocycles. The van der Waals surface area contributed by atoms with Gasteiger partial charge in [0.05, 0.1) is 10.6 Å². The highest BCUT2D eigenvalue weighted by Gasteiger charge is 2.14. The van der Waals surface area contributed by atoms with E-state index >= 15 is 0 Å². The summed E-state index contributed by atoms with van der Waals surface area (Å²) in [5.74, 6) is -1.11. The summed E-state index contributed by atoms with van der Waals surface area (Å²) in [7, 11) is -3.92. The normalized spacial score (nSPS) is 12.0. The van der Waals surface area contributed by atoms with Crippen LogP contribution >= 0.6 is 0 Å². The quantitative estimate of drug-likeness (QED) is 0.551. The van der Waals surface area contributed by atoms with Crippen molar-refractivity contribution in [3.8, 4) is 0 Å². The van der Waals surface area contributed by atoms with Crippen LogP contribution in [0.25, 0.3) is 0 Å². The number of benzene rings is 2. The first-order valence-electron chi connectivity index (χ1n) is 7.49. The summed E-state index contributed by atoms with van der Waals surface area (Å²) in [5.41, 5.74) is 1.02. The van der Waals surface area contributed by atoms with E-state index in [4.69, 9.17) is 0 Å². The van der Waals surface area contributed by atoms with Crippen LogP contribution in [-0.4, -0.2) is 19.3 Å². The molecule has 0 unspecified atom stereocenters. The average molecular weight is 370 g/mol. The molecular formula is C18H13FN3O3S-. The summed E-state index contributed by atoms with van der Waals surface area (Å²) in [6.07, 6.45) is 3.05. The number of sulfonamides is 1. The monoisotopic (exact) mass is 370 g/mol. The van der Waals surface area contributed by atoms with Crippen molar-refractivity contribution in [2.24, 2.45) is 4.99 Å². The lowest BCUT2D eigenvalue weighted by atomic mass is 10.2. The molecule has 6 nitrogen and oxygen atoms in total. The smallest absolute Gasteiger partial charge is 0.261 e. The minimum Gasteiger partial charge on any atom is -0.858 e. The van der Waals surface area contributed by atoms with E-state index in [1.165, 1.54) is 48.8 Å². The summed E-state index contributed by atoms with van der Waals surface area (Å²) in [6, 6.07) is 13.7. The van der Waals surface area contributed by atoms with Crippen LogP contribution in [0.4, 0.5) is 15.8 Å². The summed E-state index contributed by atoms with van der Waals surface area (Å²) in [5, 5.41) is 12.1. The number of rotatable bonds is 5. The second-order valence-corrected chi connectivity index (χ2v) is 6.94. The standard InChI is InChI=1S/C18H14FN3O3S/c19-14-2-1-3-17(12-14)26(24,25)22-16-6-4-13(5-7-16)18(23)21-15-8-10-20-11-9-15/h1-12,22H,(H,20,21,23)/p-1. The van der Waals surface area contributed by atoms with Crippen LogP contribution in [-0.2, 0) is 10.0 Å². The molecule has 0 aliphatic carbocycles. The maximum Gasteiger partial charge on any atom is 0.261 e. The molecule has 2 aromatic carbocycles. The van der Waals surface area contributed by atoms with E-state index < -0.39 is 21.7 Å². The van der Waals surface area contributed by atoms with Crippen LogP contribution in [0.2, 0.25) is 0 Å². The van der Waals surface area contributed by atoms with Crippen molar-refractivity contribution in [3.63, 3.8) is 0 Å². The SMILES string of the molecule is O=S(=O)(Nc1ccc(C([O-])=Nc2ccncc2)cc1)c1cccc(F)c1. The van der Waals surface area contributed by atoms with E-state index in [0.29, 0.717) is 11.3 Å². The van der Waals surface area contributed by atoms with Gasteiger partial charge in [-0.3, -0.25) is 14.7 Å². The van der Waals surface area contributed by atoms with Crippen molar-refractivity contribution >= 4 is 27.3 Å². The molecule has 8 heteroatoms. The third-order valence-electron chi connectivity index (χ3n) is 3.38. The van der Waals surface area contributed by atoms with E-state index in [0.717, 1.165) is 12.1 Å². The van der Waals surface area contributed by atoms with Gasteiger partial charge in [0.25, 0.3) is 10.0 Å². The van der Waals surface area contributed by atoms with Crippen LogP contribution < -0.4 is 9.83 Å². The van der Waals surface area contributed by atoms with Crippen molar-refractivity contribution in [2.75, 3.05) is 4.72 Å². The molecule has 0 atom stereocenters. The first-order chi connectivity index (χ1) is 12.4. The van der Waals surface area contributed by atoms with Crippen molar-refractivity contribution in [2.45, 2.75) is 4.90 Å². The van der Waals surface area contributed by atoms with Crippen molar-refractivity contribution in [1.82, 2.24) is 4.98 Å². The van der Waals surface area contributed by atoms with E-state index in [-0.39, 0.29) is 10.6 Å². The minimum absolute atomic E-state index is 0.190. The van der Waals surface area contributed by atoms with E-state index in [9.17, 15) is 17.9 Å². The molecule has 0 aliphatic heterocycles. The molecule has 26 heavy (non-hydrogen) atoms.